The quantitative estimate of drug-likeness (QED) is 0.905. The van der Waals surface area contributed by atoms with E-state index in [4.69, 9.17) is 4.98 Å². The monoisotopic (exact) mass is 282 g/mol. The Bertz CT molecular complexity index is 577. The van der Waals surface area contributed by atoms with Crippen LogP contribution in [0, 0.1) is 0 Å². The van der Waals surface area contributed by atoms with Crippen LogP contribution in [0.1, 0.15) is 25.5 Å². The molecule has 2 heterocycles. The molecule has 2 N–H and O–H groups in total. The standard InChI is InChI=1S/C17H22N4/c1-2-14-11-16(19-15-9-6-10-18-12-15)21-17(20-14)13-7-4-3-5-8-13/h3-5,7-8,11,15,18H,2,6,9-10,12H2,1H3,(H,19,20,21). The molecule has 1 atom stereocenters. The minimum Gasteiger partial charge on any atom is -0.366 e. The first kappa shape index (κ1) is 14.0. The minimum atomic E-state index is 0.460. The summed E-state index contributed by atoms with van der Waals surface area (Å²) in [5, 5.41) is 6.98. The lowest BCUT2D eigenvalue weighted by atomic mass is 10.1. The van der Waals surface area contributed by atoms with Crippen molar-refractivity contribution in [3.05, 3.63) is 42.1 Å². The lowest BCUT2D eigenvalue weighted by molar-refractivity contribution is 0.479. The van der Waals surface area contributed by atoms with Gasteiger partial charge in [-0.15, -0.1) is 0 Å². The van der Waals surface area contributed by atoms with E-state index < -0.39 is 0 Å². The summed E-state index contributed by atoms with van der Waals surface area (Å²) in [4.78, 5) is 9.34. The zero-order valence-electron chi connectivity index (χ0n) is 12.5. The normalized spacial score (nSPS) is 18.4. The third-order valence-corrected chi connectivity index (χ3v) is 3.82. The van der Waals surface area contributed by atoms with Crippen molar-refractivity contribution in [1.82, 2.24) is 15.3 Å². The average molecular weight is 282 g/mol. The van der Waals surface area contributed by atoms with Crippen molar-refractivity contribution in [2.24, 2.45) is 0 Å². The van der Waals surface area contributed by atoms with Gasteiger partial charge in [0.05, 0.1) is 0 Å². The molecule has 1 aliphatic heterocycles. The predicted molar refractivity (Wildman–Crippen MR) is 86.4 cm³/mol. The fraction of sp³-hybridized carbons (Fsp3) is 0.412. The van der Waals surface area contributed by atoms with Crippen LogP contribution in [0.4, 0.5) is 5.82 Å². The largest absolute Gasteiger partial charge is 0.366 e. The van der Waals surface area contributed by atoms with Gasteiger partial charge in [0.2, 0.25) is 0 Å². The Hall–Kier alpha value is -1.94. The first-order chi connectivity index (χ1) is 10.3. The highest BCUT2D eigenvalue weighted by Crippen LogP contribution is 2.19. The molecular formula is C17H22N4. The molecule has 2 aromatic rings. The highest BCUT2D eigenvalue weighted by atomic mass is 15.1. The van der Waals surface area contributed by atoms with Gasteiger partial charge in [-0.1, -0.05) is 37.3 Å². The molecule has 1 aromatic carbocycles. The zero-order valence-corrected chi connectivity index (χ0v) is 12.5. The Morgan fingerprint density at radius 2 is 2.10 bits per heavy atom. The molecule has 0 bridgehead atoms. The van der Waals surface area contributed by atoms with Gasteiger partial charge in [-0.05, 0) is 25.8 Å². The van der Waals surface area contributed by atoms with Crippen molar-refractivity contribution in [3.63, 3.8) is 0 Å². The van der Waals surface area contributed by atoms with E-state index in [1.54, 1.807) is 0 Å². The van der Waals surface area contributed by atoms with Gasteiger partial charge in [-0.25, -0.2) is 9.97 Å². The Labute approximate surface area is 126 Å². The van der Waals surface area contributed by atoms with Crippen LogP contribution in [0.5, 0.6) is 0 Å². The molecule has 1 saturated heterocycles. The Balaban J connectivity index is 1.86. The van der Waals surface area contributed by atoms with Gasteiger partial charge in [-0.3, -0.25) is 0 Å². The second-order valence-corrected chi connectivity index (χ2v) is 5.48. The SMILES string of the molecule is CCc1cc(NC2CCCNC2)nc(-c2ccccc2)n1. The molecule has 1 unspecified atom stereocenters. The molecule has 0 radical (unpaired) electrons. The topological polar surface area (TPSA) is 49.8 Å². The van der Waals surface area contributed by atoms with Gasteiger partial charge in [-0.2, -0.15) is 0 Å². The van der Waals surface area contributed by atoms with Crippen molar-refractivity contribution in [3.8, 4) is 11.4 Å². The number of nitrogens with one attached hydrogen (secondary N) is 2. The van der Waals surface area contributed by atoms with E-state index in [2.05, 4.69) is 40.7 Å². The molecule has 3 rings (SSSR count). The van der Waals surface area contributed by atoms with Crippen LogP contribution in [0.15, 0.2) is 36.4 Å². The van der Waals surface area contributed by atoms with Crippen molar-refractivity contribution < 1.29 is 0 Å². The van der Waals surface area contributed by atoms with E-state index in [1.807, 2.05) is 18.2 Å². The molecule has 0 aliphatic carbocycles. The van der Waals surface area contributed by atoms with E-state index >= 15 is 0 Å². The highest BCUT2D eigenvalue weighted by molar-refractivity contribution is 5.57. The van der Waals surface area contributed by atoms with E-state index in [1.165, 1.54) is 12.8 Å². The molecule has 4 nitrogen and oxygen atoms in total. The number of aryl methyl sites for hydroxylation is 1. The van der Waals surface area contributed by atoms with E-state index in [0.717, 1.165) is 42.4 Å². The number of hydrogen-bond acceptors (Lipinski definition) is 4. The number of anilines is 1. The van der Waals surface area contributed by atoms with Gasteiger partial charge >= 0.3 is 0 Å². The maximum absolute atomic E-state index is 4.70. The number of hydrogen-bond donors (Lipinski definition) is 2. The molecule has 4 heteroatoms. The van der Waals surface area contributed by atoms with Gasteiger partial charge in [0, 0.05) is 29.9 Å². The first-order valence-electron chi connectivity index (χ1n) is 7.76. The number of rotatable bonds is 4. The molecular weight excluding hydrogens is 260 g/mol. The fourth-order valence-electron chi connectivity index (χ4n) is 2.65. The van der Waals surface area contributed by atoms with Crippen LogP contribution < -0.4 is 10.6 Å². The fourth-order valence-corrected chi connectivity index (χ4v) is 2.65. The van der Waals surface area contributed by atoms with Gasteiger partial charge < -0.3 is 10.6 Å². The zero-order chi connectivity index (χ0) is 14.5. The van der Waals surface area contributed by atoms with Gasteiger partial charge in [0.1, 0.15) is 5.82 Å². The van der Waals surface area contributed by atoms with Crippen LogP contribution >= 0.6 is 0 Å². The molecule has 21 heavy (non-hydrogen) atoms. The maximum Gasteiger partial charge on any atom is 0.161 e. The number of aromatic nitrogens is 2. The smallest absolute Gasteiger partial charge is 0.161 e. The van der Waals surface area contributed by atoms with E-state index in [9.17, 15) is 0 Å². The van der Waals surface area contributed by atoms with Gasteiger partial charge in [0.15, 0.2) is 5.82 Å². The van der Waals surface area contributed by atoms with Crippen LogP contribution in [-0.2, 0) is 6.42 Å². The molecule has 0 saturated carbocycles. The van der Waals surface area contributed by atoms with E-state index in [0.29, 0.717) is 6.04 Å². The highest BCUT2D eigenvalue weighted by Gasteiger charge is 2.14. The van der Waals surface area contributed by atoms with E-state index in [-0.39, 0.29) is 0 Å². The van der Waals surface area contributed by atoms with Crippen molar-refractivity contribution in [2.45, 2.75) is 32.2 Å². The minimum absolute atomic E-state index is 0.460. The van der Waals surface area contributed by atoms with Crippen LogP contribution in [0.25, 0.3) is 11.4 Å². The Morgan fingerprint density at radius 1 is 1.24 bits per heavy atom. The summed E-state index contributed by atoms with van der Waals surface area (Å²) in [5.41, 5.74) is 2.15. The number of piperidine rings is 1. The Morgan fingerprint density at radius 3 is 2.81 bits per heavy atom. The molecule has 110 valence electrons. The summed E-state index contributed by atoms with van der Waals surface area (Å²) in [6.45, 7) is 4.26. The van der Waals surface area contributed by atoms with Crippen LogP contribution in [0.2, 0.25) is 0 Å². The molecule has 1 aliphatic rings. The predicted octanol–water partition coefficient (Wildman–Crippen LogP) is 2.87. The molecule has 0 amide bonds. The van der Waals surface area contributed by atoms with Crippen molar-refractivity contribution in [2.75, 3.05) is 18.4 Å². The summed E-state index contributed by atoms with van der Waals surface area (Å²) < 4.78 is 0. The maximum atomic E-state index is 4.70. The number of benzene rings is 1. The van der Waals surface area contributed by atoms with Crippen molar-refractivity contribution >= 4 is 5.82 Å². The number of nitrogens with zero attached hydrogens (tertiary/aromatic N) is 2. The van der Waals surface area contributed by atoms with Gasteiger partial charge in [0.25, 0.3) is 0 Å². The first-order valence-corrected chi connectivity index (χ1v) is 7.76. The third-order valence-electron chi connectivity index (χ3n) is 3.82. The summed E-state index contributed by atoms with van der Waals surface area (Å²) >= 11 is 0. The third kappa shape index (κ3) is 3.58. The summed E-state index contributed by atoms with van der Waals surface area (Å²) in [6.07, 6.45) is 3.33. The summed E-state index contributed by atoms with van der Waals surface area (Å²) in [5.74, 6) is 1.75. The van der Waals surface area contributed by atoms with Crippen LogP contribution in [-0.4, -0.2) is 29.1 Å². The second kappa shape index (κ2) is 6.68. The second-order valence-electron chi connectivity index (χ2n) is 5.48. The molecule has 1 fully saturated rings. The summed E-state index contributed by atoms with van der Waals surface area (Å²) in [6, 6.07) is 12.7. The lowest BCUT2D eigenvalue weighted by Gasteiger charge is -2.24. The molecule has 1 aromatic heterocycles. The van der Waals surface area contributed by atoms with Crippen molar-refractivity contribution in [1.29, 1.82) is 0 Å². The summed E-state index contributed by atoms with van der Waals surface area (Å²) in [7, 11) is 0. The lowest BCUT2D eigenvalue weighted by Crippen LogP contribution is -2.38. The van der Waals surface area contributed by atoms with Crippen LogP contribution in [0.3, 0.4) is 0 Å². The Kier molecular flexibility index (Phi) is 4.46. The molecule has 0 spiro atoms. The average Bonchev–Trinajstić information content (AvgIpc) is 2.56.